The third-order valence-corrected chi connectivity index (χ3v) is 4.24. The van der Waals surface area contributed by atoms with Crippen molar-refractivity contribution in [1.29, 1.82) is 0 Å². The molecule has 0 saturated carbocycles. The van der Waals surface area contributed by atoms with Crippen molar-refractivity contribution in [2.45, 2.75) is 6.42 Å². The zero-order chi connectivity index (χ0) is 20.2. The van der Waals surface area contributed by atoms with E-state index in [-0.39, 0.29) is 11.5 Å². The van der Waals surface area contributed by atoms with Crippen molar-refractivity contribution in [2.75, 3.05) is 5.32 Å². The Morgan fingerprint density at radius 1 is 1.07 bits per heavy atom. The van der Waals surface area contributed by atoms with Gasteiger partial charge in [-0.05, 0) is 41.0 Å². The number of rotatable bonds is 4. The average Bonchev–Trinajstić information content (AvgIpc) is 3.23. The highest BCUT2D eigenvalue weighted by atomic mass is 16.2. The van der Waals surface area contributed by atoms with Crippen molar-refractivity contribution >= 4 is 23.4 Å². The van der Waals surface area contributed by atoms with E-state index < -0.39 is 17.5 Å². The number of hydrogen-bond donors (Lipinski definition) is 3. The van der Waals surface area contributed by atoms with E-state index in [2.05, 4.69) is 31.3 Å². The van der Waals surface area contributed by atoms with Gasteiger partial charge in [-0.25, -0.2) is 4.79 Å². The number of aromatic amines is 1. The lowest BCUT2D eigenvalue weighted by atomic mass is 10.0. The fourth-order valence-corrected chi connectivity index (χ4v) is 2.96. The maximum atomic E-state index is 12.8. The molecule has 3 heterocycles. The van der Waals surface area contributed by atoms with Crippen molar-refractivity contribution in [3.63, 3.8) is 0 Å². The summed E-state index contributed by atoms with van der Waals surface area (Å²) < 4.78 is 1.39. The number of imide groups is 1. The number of fused-ring (bicyclic) bond motifs is 1. The van der Waals surface area contributed by atoms with E-state index in [0.29, 0.717) is 11.9 Å². The summed E-state index contributed by atoms with van der Waals surface area (Å²) >= 11 is 0. The number of nitrogens with zero attached hydrogens (tertiary/aromatic N) is 4. The standard InChI is InChI=1S/C19H15N7O3/c27-16(20-19(29)21-18-22-24-25-23-18)14-11-13(10-12-6-2-1-3-7-12)15-8-4-5-9-26(15)17(14)28/h1-9,11H,10H2,(H3,20,21,22,23,24,25,27,29). The van der Waals surface area contributed by atoms with Gasteiger partial charge < -0.3 is 0 Å². The molecule has 0 unspecified atom stereocenters. The minimum absolute atomic E-state index is 0.102. The van der Waals surface area contributed by atoms with E-state index in [1.54, 1.807) is 12.3 Å². The molecule has 0 spiro atoms. The van der Waals surface area contributed by atoms with Gasteiger partial charge in [0.2, 0.25) is 0 Å². The van der Waals surface area contributed by atoms with E-state index in [1.165, 1.54) is 10.5 Å². The fraction of sp³-hybridized carbons (Fsp3) is 0.0526. The fourth-order valence-electron chi connectivity index (χ4n) is 2.96. The van der Waals surface area contributed by atoms with Crippen LogP contribution in [0.1, 0.15) is 21.5 Å². The number of amides is 3. The van der Waals surface area contributed by atoms with Crippen LogP contribution < -0.4 is 16.2 Å². The molecule has 0 atom stereocenters. The number of H-pyrrole nitrogens is 1. The Kier molecular flexibility index (Phi) is 4.81. The zero-order valence-electron chi connectivity index (χ0n) is 15.0. The first-order valence-electron chi connectivity index (χ1n) is 8.65. The summed E-state index contributed by atoms with van der Waals surface area (Å²) in [5.74, 6) is -0.932. The molecule has 0 aliphatic carbocycles. The monoisotopic (exact) mass is 389 g/mol. The molecule has 0 saturated heterocycles. The predicted octanol–water partition coefficient (Wildman–Crippen LogP) is 1.37. The van der Waals surface area contributed by atoms with Crippen molar-refractivity contribution in [2.24, 2.45) is 0 Å². The van der Waals surface area contributed by atoms with Gasteiger partial charge in [-0.3, -0.25) is 24.6 Å². The third kappa shape index (κ3) is 3.86. The van der Waals surface area contributed by atoms with Crippen LogP contribution in [0.4, 0.5) is 10.7 Å². The Bertz CT molecular complexity index is 1230. The lowest BCUT2D eigenvalue weighted by Gasteiger charge is -2.11. The maximum Gasteiger partial charge on any atom is 0.328 e. The lowest BCUT2D eigenvalue weighted by Crippen LogP contribution is -2.38. The number of urea groups is 1. The first kappa shape index (κ1) is 18.0. The van der Waals surface area contributed by atoms with Gasteiger partial charge in [-0.15, -0.1) is 5.10 Å². The molecule has 10 nitrogen and oxygen atoms in total. The van der Waals surface area contributed by atoms with Gasteiger partial charge in [0.05, 0.1) is 5.52 Å². The third-order valence-electron chi connectivity index (χ3n) is 4.24. The van der Waals surface area contributed by atoms with Crippen LogP contribution in [0.5, 0.6) is 0 Å². The first-order chi connectivity index (χ1) is 14.1. The molecule has 3 amide bonds. The molecule has 0 radical (unpaired) electrons. The molecule has 0 bridgehead atoms. The largest absolute Gasteiger partial charge is 0.328 e. The van der Waals surface area contributed by atoms with E-state index >= 15 is 0 Å². The average molecular weight is 389 g/mol. The molecule has 0 aliphatic heterocycles. The molecule has 144 valence electrons. The van der Waals surface area contributed by atoms with E-state index in [0.717, 1.165) is 11.1 Å². The summed E-state index contributed by atoms with van der Waals surface area (Å²) in [5.41, 5.74) is 1.82. The zero-order valence-corrected chi connectivity index (χ0v) is 15.0. The van der Waals surface area contributed by atoms with Crippen LogP contribution in [-0.4, -0.2) is 37.0 Å². The summed E-state index contributed by atoms with van der Waals surface area (Å²) in [6, 6.07) is 15.6. The van der Waals surface area contributed by atoms with Crippen LogP contribution in [0.3, 0.4) is 0 Å². The number of carbonyl (C=O) groups excluding carboxylic acids is 2. The molecule has 0 aliphatic rings. The van der Waals surface area contributed by atoms with Crippen LogP contribution in [0.15, 0.2) is 65.6 Å². The number of aromatic nitrogens is 5. The normalized spacial score (nSPS) is 10.6. The molecule has 3 aromatic heterocycles. The summed E-state index contributed by atoms with van der Waals surface area (Å²) in [4.78, 5) is 37.4. The number of benzene rings is 1. The lowest BCUT2D eigenvalue weighted by molar-refractivity contribution is 0.0965. The highest BCUT2D eigenvalue weighted by molar-refractivity contribution is 6.07. The SMILES string of the molecule is O=C(NC(=O)c1cc(Cc2ccccc2)c2ccccn2c1=O)Nc1nn[nH]n1. The molecular formula is C19H15N7O3. The van der Waals surface area contributed by atoms with Crippen LogP contribution in [-0.2, 0) is 6.42 Å². The molecule has 3 N–H and O–H groups in total. The van der Waals surface area contributed by atoms with Crippen LogP contribution in [0.25, 0.3) is 5.52 Å². The summed E-state index contributed by atoms with van der Waals surface area (Å²) in [6.45, 7) is 0. The van der Waals surface area contributed by atoms with Crippen molar-refractivity contribution < 1.29 is 9.59 Å². The van der Waals surface area contributed by atoms with Gasteiger partial charge in [0.1, 0.15) is 5.56 Å². The van der Waals surface area contributed by atoms with Gasteiger partial charge >= 0.3 is 6.03 Å². The number of pyridine rings is 2. The number of nitrogens with one attached hydrogen (secondary N) is 3. The highest BCUT2D eigenvalue weighted by Gasteiger charge is 2.18. The topological polar surface area (TPSA) is 134 Å². The van der Waals surface area contributed by atoms with Crippen molar-refractivity contribution in [1.82, 2.24) is 30.3 Å². The van der Waals surface area contributed by atoms with Crippen LogP contribution in [0.2, 0.25) is 0 Å². The maximum absolute atomic E-state index is 12.8. The second kappa shape index (κ2) is 7.72. The second-order valence-corrected chi connectivity index (χ2v) is 6.15. The quantitative estimate of drug-likeness (QED) is 0.482. The van der Waals surface area contributed by atoms with Crippen molar-refractivity contribution in [3.8, 4) is 0 Å². The van der Waals surface area contributed by atoms with E-state index in [1.807, 2.05) is 42.5 Å². The van der Waals surface area contributed by atoms with Gasteiger partial charge in [0.25, 0.3) is 17.4 Å². The minimum Gasteiger partial charge on any atom is -0.283 e. The minimum atomic E-state index is -0.876. The Labute approximate surface area is 163 Å². The molecule has 0 fully saturated rings. The number of anilines is 1. The Hall–Kier alpha value is -4.34. The summed E-state index contributed by atoms with van der Waals surface area (Å²) in [7, 11) is 0. The summed E-state index contributed by atoms with van der Waals surface area (Å²) in [6.07, 6.45) is 2.10. The molecule has 29 heavy (non-hydrogen) atoms. The Balaban J connectivity index is 1.68. The number of tetrazole rings is 1. The van der Waals surface area contributed by atoms with Gasteiger partial charge in [-0.1, -0.05) is 41.5 Å². The summed E-state index contributed by atoms with van der Waals surface area (Å²) in [5, 5.41) is 16.9. The van der Waals surface area contributed by atoms with E-state index in [4.69, 9.17) is 0 Å². The van der Waals surface area contributed by atoms with Crippen molar-refractivity contribution in [3.05, 3.63) is 87.8 Å². The molecule has 4 rings (SSSR count). The first-order valence-corrected chi connectivity index (χ1v) is 8.65. The van der Waals surface area contributed by atoms with E-state index in [9.17, 15) is 14.4 Å². The highest BCUT2D eigenvalue weighted by Crippen LogP contribution is 2.16. The number of carbonyl (C=O) groups is 2. The second-order valence-electron chi connectivity index (χ2n) is 6.15. The Morgan fingerprint density at radius 2 is 1.86 bits per heavy atom. The molecule has 1 aromatic carbocycles. The molecular weight excluding hydrogens is 374 g/mol. The van der Waals surface area contributed by atoms with Gasteiger partial charge in [-0.2, -0.15) is 5.21 Å². The van der Waals surface area contributed by atoms with Gasteiger partial charge in [0, 0.05) is 6.20 Å². The van der Waals surface area contributed by atoms with Crippen LogP contribution in [0, 0.1) is 0 Å². The smallest absolute Gasteiger partial charge is 0.283 e. The number of hydrogen-bond acceptors (Lipinski definition) is 6. The molecule has 10 heteroatoms. The molecule has 4 aromatic rings. The predicted molar refractivity (Wildman–Crippen MR) is 104 cm³/mol. The van der Waals surface area contributed by atoms with Gasteiger partial charge in [0.15, 0.2) is 0 Å². The van der Waals surface area contributed by atoms with Crippen LogP contribution >= 0.6 is 0 Å². The Morgan fingerprint density at radius 3 is 2.62 bits per heavy atom.